The highest BCUT2D eigenvalue weighted by molar-refractivity contribution is 5.66. The number of rotatable bonds is 9. The van der Waals surface area contributed by atoms with Crippen molar-refractivity contribution < 1.29 is 14.6 Å². The Balaban J connectivity index is 2.40. The van der Waals surface area contributed by atoms with Gasteiger partial charge in [0.15, 0.2) is 0 Å². The van der Waals surface area contributed by atoms with E-state index in [9.17, 15) is 4.79 Å². The summed E-state index contributed by atoms with van der Waals surface area (Å²) < 4.78 is 5.70. The number of carbonyl (C=O) groups is 1. The molecule has 1 aromatic rings. The second-order valence-corrected chi connectivity index (χ2v) is 4.13. The van der Waals surface area contributed by atoms with E-state index in [4.69, 9.17) is 9.84 Å². The van der Waals surface area contributed by atoms with Crippen molar-refractivity contribution in [3.05, 3.63) is 29.8 Å². The van der Waals surface area contributed by atoms with Crippen molar-refractivity contribution in [2.45, 2.75) is 32.7 Å². The zero-order valence-electron chi connectivity index (χ0n) is 10.8. The molecule has 4 heteroatoms. The Labute approximate surface area is 108 Å². The van der Waals surface area contributed by atoms with Crippen LogP contribution in [0.15, 0.2) is 24.3 Å². The molecule has 0 aliphatic heterocycles. The average molecular weight is 251 g/mol. The molecule has 0 spiro atoms. The molecular weight excluding hydrogens is 230 g/mol. The van der Waals surface area contributed by atoms with Crippen LogP contribution in [0.25, 0.3) is 0 Å². The number of benzene rings is 1. The molecule has 0 radical (unpaired) electrons. The van der Waals surface area contributed by atoms with Crippen LogP contribution in [0.1, 0.15) is 31.7 Å². The van der Waals surface area contributed by atoms with Gasteiger partial charge < -0.3 is 15.2 Å². The van der Waals surface area contributed by atoms with E-state index in [-0.39, 0.29) is 6.42 Å². The van der Waals surface area contributed by atoms with Gasteiger partial charge in [0.05, 0.1) is 13.0 Å². The highest BCUT2D eigenvalue weighted by Gasteiger charge is 2.03. The Morgan fingerprint density at radius 1 is 1.39 bits per heavy atom. The van der Waals surface area contributed by atoms with Gasteiger partial charge in [-0.25, -0.2) is 0 Å². The minimum atomic E-state index is -0.782. The highest BCUT2D eigenvalue weighted by atomic mass is 16.5. The lowest BCUT2D eigenvalue weighted by Gasteiger charge is -2.11. The third kappa shape index (κ3) is 5.68. The van der Waals surface area contributed by atoms with Crippen LogP contribution in [0.5, 0.6) is 5.75 Å². The number of hydrogen-bond acceptors (Lipinski definition) is 3. The van der Waals surface area contributed by atoms with E-state index < -0.39 is 5.97 Å². The van der Waals surface area contributed by atoms with E-state index >= 15 is 0 Å². The fraction of sp³-hybridized carbons (Fsp3) is 0.500. The standard InChI is InChI=1S/C14H21NO3/c1-2-3-10-18-13-7-5-4-6-12(13)11-15-9-8-14(16)17/h4-7,15H,2-3,8-11H2,1H3,(H,16,17). The molecule has 0 bridgehead atoms. The van der Waals surface area contributed by atoms with Gasteiger partial charge in [-0.05, 0) is 12.5 Å². The molecule has 100 valence electrons. The van der Waals surface area contributed by atoms with E-state index in [1.54, 1.807) is 0 Å². The van der Waals surface area contributed by atoms with Gasteiger partial charge >= 0.3 is 5.97 Å². The second-order valence-electron chi connectivity index (χ2n) is 4.13. The van der Waals surface area contributed by atoms with Crippen molar-refractivity contribution in [3.63, 3.8) is 0 Å². The Morgan fingerprint density at radius 2 is 2.17 bits per heavy atom. The molecule has 0 saturated carbocycles. The molecule has 0 aromatic heterocycles. The first kappa shape index (κ1) is 14.5. The third-order valence-corrected chi connectivity index (χ3v) is 2.56. The highest BCUT2D eigenvalue weighted by Crippen LogP contribution is 2.17. The smallest absolute Gasteiger partial charge is 0.304 e. The first-order chi connectivity index (χ1) is 8.74. The average Bonchev–Trinajstić information content (AvgIpc) is 2.36. The maximum atomic E-state index is 10.4. The third-order valence-electron chi connectivity index (χ3n) is 2.56. The Hall–Kier alpha value is -1.55. The lowest BCUT2D eigenvalue weighted by Crippen LogP contribution is -2.18. The predicted molar refractivity (Wildman–Crippen MR) is 70.8 cm³/mol. The fourth-order valence-corrected chi connectivity index (χ4v) is 1.54. The summed E-state index contributed by atoms with van der Waals surface area (Å²) in [6.07, 6.45) is 2.29. The summed E-state index contributed by atoms with van der Waals surface area (Å²) in [5.41, 5.74) is 1.07. The van der Waals surface area contributed by atoms with Crippen LogP contribution in [-0.2, 0) is 11.3 Å². The van der Waals surface area contributed by atoms with E-state index in [0.29, 0.717) is 13.1 Å². The van der Waals surface area contributed by atoms with E-state index in [1.807, 2.05) is 24.3 Å². The number of ether oxygens (including phenoxy) is 1. The van der Waals surface area contributed by atoms with E-state index in [0.717, 1.165) is 30.8 Å². The summed E-state index contributed by atoms with van der Waals surface area (Å²) >= 11 is 0. The minimum Gasteiger partial charge on any atom is -0.493 e. The van der Waals surface area contributed by atoms with Gasteiger partial charge in [-0.1, -0.05) is 31.5 Å². The number of nitrogens with one attached hydrogen (secondary N) is 1. The van der Waals surface area contributed by atoms with Crippen LogP contribution in [0.2, 0.25) is 0 Å². The second kappa shape index (κ2) is 8.53. The van der Waals surface area contributed by atoms with Crippen LogP contribution >= 0.6 is 0 Å². The first-order valence-electron chi connectivity index (χ1n) is 6.37. The molecule has 1 aromatic carbocycles. The zero-order valence-corrected chi connectivity index (χ0v) is 10.8. The number of carboxylic acids is 1. The van der Waals surface area contributed by atoms with E-state index in [1.165, 1.54) is 0 Å². The van der Waals surface area contributed by atoms with Crippen LogP contribution in [-0.4, -0.2) is 24.2 Å². The topological polar surface area (TPSA) is 58.6 Å². The lowest BCUT2D eigenvalue weighted by atomic mass is 10.2. The molecule has 0 aliphatic rings. The number of carboxylic acid groups (broad SMARTS) is 1. The number of aliphatic carboxylic acids is 1. The van der Waals surface area contributed by atoms with Gasteiger partial charge in [-0.15, -0.1) is 0 Å². The molecular formula is C14H21NO3. The maximum Gasteiger partial charge on any atom is 0.304 e. The predicted octanol–water partition coefficient (Wildman–Crippen LogP) is 2.43. The number of unbranched alkanes of at least 4 members (excludes halogenated alkanes) is 1. The number of para-hydroxylation sites is 1. The molecule has 1 rings (SSSR count). The Kier molecular flexibility index (Phi) is 6.87. The van der Waals surface area contributed by atoms with Crippen molar-refractivity contribution in [3.8, 4) is 5.75 Å². The van der Waals surface area contributed by atoms with Gasteiger partial charge in [0.25, 0.3) is 0 Å². The Bertz CT molecular complexity index is 366. The number of hydrogen-bond donors (Lipinski definition) is 2. The monoisotopic (exact) mass is 251 g/mol. The first-order valence-corrected chi connectivity index (χ1v) is 6.37. The quantitative estimate of drug-likeness (QED) is 0.662. The summed E-state index contributed by atoms with van der Waals surface area (Å²) in [5.74, 6) is 0.101. The minimum absolute atomic E-state index is 0.138. The summed E-state index contributed by atoms with van der Waals surface area (Å²) in [5, 5.41) is 11.6. The molecule has 0 fully saturated rings. The molecule has 0 atom stereocenters. The van der Waals surface area contributed by atoms with Gasteiger partial charge in [0.1, 0.15) is 5.75 Å². The summed E-state index contributed by atoms with van der Waals surface area (Å²) in [7, 11) is 0. The Morgan fingerprint density at radius 3 is 2.89 bits per heavy atom. The van der Waals surface area contributed by atoms with Crippen molar-refractivity contribution >= 4 is 5.97 Å². The molecule has 2 N–H and O–H groups in total. The molecule has 0 aliphatic carbocycles. The van der Waals surface area contributed by atoms with Gasteiger partial charge in [-0.2, -0.15) is 0 Å². The van der Waals surface area contributed by atoms with Gasteiger partial charge in [0.2, 0.25) is 0 Å². The largest absolute Gasteiger partial charge is 0.493 e. The summed E-state index contributed by atoms with van der Waals surface area (Å²) in [6, 6.07) is 7.85. The SMILES string of the molecule is CCCCOc1ccccc1CNCCC(=O)O. The summed E-state index contributed by atoms with van der Waals surface area (Å²) in [6.45, 7) is 3.96. The molecule has 0 saturated heterocycles. The molecule has 0 unspecified atom stereocenters. The van der Waals surface area contributed by atoms with Crippen LogP contribution < -0.4 is 10.1 Å². The molecule has 0 amide bonds. The molecule has 0 heterocycles. The fourth-order valence-electron chi connectivity index (χ4n) is 1.54. The van der Waals surface area contributed by atoms with Crippen LogP contribution in [0.3, 0.4) is 0 Å². The van der Waals surface area contributed by atoms with Crippen molar-refractivity contribution in [2.75, 3.05) is 13.2 Å². The normalized spacial score (nSPS) is 10.3. The van der Waals surface area contributed by atoms with Crippen molar-refractivity contribution in [1.29, 1.82) is 0 Å². The van der Waals surface area contributed by atoms with Gasteiger partial charge in [-0.3, -0.25) is 4.79 Å². The lowest BCUT2D eigenvalue weighted by molar-refractivity contribution is -0.136. The van der Waals surface area contributed by atoms with Crippen LogP contribution in [0, 0.1) is 0 Å². The molecule has 4 nitrogen and oxygen atoms in total. The van der Waals surface area contributed by atoms with Crippen molar-refractivity contribution in [1.82, 2.24) is 5.32 Å². The summed E-state index contributed by atoms with van der Waals surface area (Å²) in [4.78, 5) is 10.4. The van der Waals surface area contributed by atoms with Gasteiger partial charge in [0, 0.05) is 18.7 Å². The van der Waals surface area contributed by atoms with E-state index in [2.05, 4.69) is 12.2 Å². The van der Waals surface area contributed by atoms with Crippen molar-refractivity contribution in [2.24, 2.45) is 0 Å². The maximum absolute atomic E-state index is 10.4. The van der Waals surface area contributed by atoms with Crippen LogP contribution in [0.4, 0.5) is 0 Å². The zero-order chi connectivity index (χ0) is 13.2. The molecule has 18 heavy (non-hydrogen) atoms.